The van der Waals surface area contributed by atoms with E-state index in [4.69, 9.17) is 17.8 Å². The van der Waals surface area contributed by atoms with E-state index < -0.39 is 0 Å². The third kappa shape index (κ3) is 11.6. The lowest BCUT2D eigenvalue weighted by atomic mass is 10.2. The van der Waals surface area contributed by atoms with Gasteiger partial charge in [0.15, 0.2) is 6.79 Å². The van der Waals surface area contributed by atoms with Gasteiger partial charge >= 0.3 is 0 Å². The SMILES string of the molecule is CCCCCCOc1ccc(C)cc1SOCOSc1cc(C)ccc1OCCCCCC. The van der Waals surface area contributed by atoms with Gasteiger partial charge in [-0.15, -0.1) is 0 Å². The highest BCUT2D eigenvalue weighted by Gasteiger charge is 2.09. The lowest BCUT2D eigenvalue weighted by Gasteiger charge is -2.13. The van der Waals surface area contributed by atoms with Crippen molar-refractivity contribution in [3.8, 4) is 11.5 Å². The Hall–Kier alpha value is -1.34. The number of benzene rings is 2. The normalized spacial score (nSPS) is 11.0. The highest BCUT2D eigenvalue weighted by atomic mass is 32.2. The minimum atomic E-state index is 0.156. The number of hydrogen-bond donors (Lipinski definition) is 0. The standard InChI is InChI=1S/C27H40O4S2/c1-5-7-9-11-17-28-24-15-13-22(3)19-26(24)32-30-21-31-33-27-20-23(4)14-16-25(27)29-18-12-10-8-6-2/h13-16,19-20H,5-12,17-18,21H2,1-4H3. The highest BCUT2D eigenvalue weighted by Crippen LogP contribution is 2.34. The molecular weight excluding hydrogens is 452 g/mol. The number of aryl methyl sites for hydroxylation is 2. The fourth-order valence-electron chi connectivity index (χ4n) is 3.22. The van der Waals surface area contributed by atoms with Crippen molar-refractivity contribution in [2.75, 3.05) is 20.0 Å². The van der Waals surface area contributed by atoms with Gasteiger partial charge < -0.3 is 9.47 Å². The van der Waals surface area contributed by atoms with E-state index >= 15 is 0 Å². The Balaban J connectivity index is 1.77. The van der Waals surface area contributed by atoms with Gasteiger partial charge in [-0.3, -0.25) is 8.37 Å². The van der Waals surface area contributed by atoms with Gasteiger partial charge in [0, 0.05) is 24.1 Å². The van der Waals surface area contributed by atoms with Crippen molar-refractivity contribution >= 4 is 24.1 Å². The summed E-state index contributed by atoms with van der Waals surface area (Å²) in [6, 6.07) is 12.4. The summed E-state index contributed by atoms with van der Waals surface area (Å²) >= 11 is 2.60. The molecule has 0 fully saturated rings. The Morgan fingerprint density at radius 2 is 1.06 bits per heavy atom. The van der Waals surface area contributed by atoms with E-state index in [-0.39, 0.29) is 6.79 Å². The van der Waals surface area contributed by atoms with Crippen molar-refractivity contribution in [3.63, 3.8) is 0 Å². The molecule has 0 aliphatic heterocycles. The summed E-state index contributed by atoms with van der Waals surface area (Å²) in [4.78, 5) is 1.96. The van der Waals surface area contributed by atoms with Crippen molar-refractivity contribution in [2.45, 2.75) is 88.9 Å². The summed E-state index contributed by atoms with van der Waals surface area (Å²) in [5.74, 6) is 1.74. The van der Waals surface area contributed by atoms with Crippen LogP contribution in [0.2, 0.25) is 0 Å². The van der Waals surface area contributed by atoms with Gasteiger partial charge in [0.25, 0.3) is 0 Å². The van der Waals surface area contributed by atoms with Crippen LogP contribution in [0, 0.1) is 13.8 Å². The van der Waals surface area contributed by atoms with Crippen LogP contribution in [0.5, 0.6) is 11.5 Å². The number of unbranched alkanes of at least 4 members (excludes halogenated alkanes) is 6. The van der Waals surface area contributed by atoms with Gasteiger partial charge in [-0.2, -0.15) is 0 Å². The monoisotopic (exact) mass is 492 g/mol. The van der Waals surface area contributed by atoms with E-state index in [1.54, 1.807) is 0 Å². The summed E-state index contributed by atoms with van der Waals surface area (Å²) in [7, 11) is 0. The fourth-order valence-corrected chi connectivity index (χ4v) is 4.61. The van der Waals surface area contributed by atoms with Gasteiger partial charge in [0.1, 0.15) is 11.5 Å². The summed E-state index contributed by atoms with van der Waals surface area (Å²) in [6.07, 6.45) is 9.52. The van der Waals surface area contributed by atoms with E-state index in [0.717, 1.165) is 47.3 Å². The van der Waals surface area contributed by atoms with Crippen LogP contribution in [0.15, 0.2) is 46.2 Å². The maximum Gasteiger partial charge on any atom is 0.174 e. The third-order valence-electron chi connectivity index (χ3n) is 5.10. The second-order valence-corrected chi connectivity index (χ2v) is 9.92. The van der Waals surface area contributed by atoms with Gasteiger partial charge in [0.2, 0.25) is 0 Å². The maximum atomic E-state index is 5.99. The Labute approximate surface area is 209 Å². The number of ether oxygens (including phenoxy) is 2. The van der Waals surface area contributed by atoms with E-state index in [0.29, 0.717) is 0 Å². The molecule has 2 aromatic rings. The molecule has 4 nitrogen and oxygen atoms in total. The molecule has 0 radical (unpaired) electrons. The van der Waals surface area contributed by atoms with Crippen LogP contribution in [-0.2, 0) is 8.37 Å². The molecule has 0 bridgehead atoms. The lowest BCUT2D eigenvalue weighted by molar-refractivity contribution is 0.167. The Morgan fingerprint density at radius 1 is 0.606 bits per heavy atom. The predicted molar refractivity (Wildman–Crippen MR) is 140 cm³/mol. The van der Waals surface area contributed by atoms with Crippen LogP contribution in [-0.4, -0.2) is 20.0 Å². The molecule has 33 heavy (non-hydrogen) atoms. The first kappa shape index (κ1) is 27.9. The Morgan fingerprint density at radius 3 is 1.48 bits per heavy atom. The molecule has 0 N–H and O–H groups in total. The molecule has 0 aliphatic carbocycles. The molecule has 0 heterocycles. The first-order chi connectivity index (χ1) is 16.1. The van der Waals surface area contributed by atoms with Crippen LogP contribution < -0.4 is 9.47 Å². The van der Waals surface area contributed by atoms with Crippen molar-refractivity contribution in [1.29, 1.82) is 0 Å². The molecule has 0 aliphatic rings. The summed E-state index contributed by atoms with van der Waals surface area (Å²) < 4.78 is 23.4. The fraction of sp³-hybridized carbons (Fsp3) is 0.556. The maximum absolute atomic E-state index is 5.99. The van der Waals surface area contributed by atoms with E-state index in [1.165, 1.54) is 73.7 Å². The second-order valence-electron chi connectivity index (χ2n) is 8.24. The van der Waals surface area contributed by atoms with Gasteiger partial charge in [-0.25, -0.2) is 0 Å². The smallest absolute Gasteiger partial charge is 0.174 e. The Kier molecular flexibility index (Phi) is 14.5. The average Bonchev–Trinajstić information content (AvgIpc) is 2.81. The molecule has 2 rings (SSSR count). The molecule has 0 spiro atoms. The lowest BCUT2D eigenvalue weighted by Crippen LogP contribution is -2.00. The molecule has 2 aromatic carbocycles. The molecule has 184 valence electrons. The largest absolute Gasteiger partial charge is 0.492 e. The Bertz CT molecular complexity index is 732. The zero-order valence-electron chi connectivity index (χ0n) is 20.7. The third-order valence-corrected chi connectivity index (χ3v) is 6.53. The second kappa shape index (κ2) is 17.1. The van der Waals surface area contributed by atoms with E-state index in [9.17, 15) is 0 Å². The van der Waals surface area contributed by atoms with Crippen LogP contribution in [0.25, 0.3) is 0 Å². The predicted octanol–water partition coefficient (Wildman–Crippen LogP) is 8.93. The van der Waals surface area contributed by atoms with Crippen LogP contribution in [0.4, 0.5) is 0 Å². The van der Waals surface area contributed by atoms with Crippen molar-refractivity contribution in [2.24, 2.45) is 0 Å². The van der Waals surface area contributed by atoms with Gasteiger partial charge in [-0.1, -0.05) is 64.5 Å². The molecule has 0 saturated heterocycles. The topological polar surface area (TPSA) is 36.9 Å². The van der Waals surface area contributed by atoms with Crippen LogP contribution in [0.3, 0.4) is 0 Å². The number of rotatable bonds is 18. The molecule has 6 heteroatoms. The van der Waals surface area contributed by atoms with Crippen LogP contribution >= 0.6 is 24.1 Å². The van der Waals surface area contributed by atoms with Gasteiger partial charge in [0.05, 0.1) is 23.0 Å². The van der Waals surface area contributed by atoms with Crippen LogP contribution in [0.1, 0.15) is 76.3 Å². The molecule has 0 saturated carbocycles. The van der Waals surface area contributed by atoms with E-state index in [2.05, 4.69) is 52.0 Å². The molecule has 0 aromatic heterocycles. The average molecular weight is 493 g/mol. The summed E-state index contributed by atoms with van der Waals surface area (Å²) in [5.41, 5.74) is 2.35. The zero-order chi connectivity index (χ0) is 23.7. The minimum Gasteiger partial charge on any atom is -0.492 e. The number of hydrogen-bond acceptors (Lipinski definition) is 6. The minimum absolute atomic E-state index is 0.156. The molecule has 0 unspecified atom stereocenters. The van der Waals surface area contributed by atoms with Gasteiger partial charge in [-0.05, 0) is 62.1 Å². The molecular formula is C27H40O4S2. The first-order valence-electron chi connectivity index (χ1n) is 12.2. The summed E-state index contributed by atoms with van der Waals surface area (Å²) in [6.45, 7) is 10.2. The van der Waals surface area contributed by atoms with Crippen molar-refractivity contribution < 1.29 is 17.8 Å². The van der Waals surface area contributed by atoms with Crippen molar-refractivity contribution in [3.05, 3.63) is 47.5 Å². The zero-order valence-corrected chi connectivity index (χ0v) is 22.3. The molecule has 0 atom stereocenters. The molecule has 0 amide bonds. The van der Waals surface area contributed by atoms with E-state index in [1.807, 2.05) is 12.1 Å². The highest BCUT2D eigenvalue weighted by molar-refractivity contribution is 7.95. The quantitative estimate of drug-likeness (QED) is 0.117. The summed E-state index contributed by atoms with van der Waals surface area (Å²) in [5, 5.41) is 0. The van der Waals surface area contributed by atoms with Crippen molar-refractivity contribution in [1.82, 2.24) is 0 Å². The first-order valence-corrected chi connectivity index (χ1v) is 13.7.